The molecule has 3 nitrogen and oxygen atoms in total. The summed E-state index contributed by atoms with van der Waals surface area (Å²) in [7, 11) is 0. The van der Waals surface area contributed by atoms with E-state index in [-0.39, 0.29) is 0 Å². The summed E-state index contributed by atoms with van der Waals surface area (Å²) in [6.45, 7) is 8.60. The minimum atomic E-state index is 0.698. The second-order valence-corrected chi connectivity index (χ2v) is 7.11. The van der Waals surface area contributed by atoms with E-state index in [0.29, 0.717) is 5.92 Å². The number of nitrogens with one attached hydrogen (secondary N) is 1. The molecule has 0 spiro atoms. The Bertz CT molecular complexity index is 488. The Kier molecular flexibility index (Phi) is 4.86. The van der Waals surface area contributed by atoms with E-state index in [4.69, 9.17) is 0 Å². The zero-order valence-electron chi connectivity index (χ0n) is 11.1. The molecule has 0 saturated heterocycles. The van der Waals surface area contributed by atoms with Crippen LogP contribution < -0.4 is 5.32 Å². The summed E-state index contributed by atoms with van der Waals surface area (Å²) in [5.41, 5.74) is 0. The molecule has 98 valence electrons. The molecule has 0 amide bonds. The van der Waals surface area contributed by atoms with Gasteiger partial charge in [0.05, 0.1) is 4.88 Å². The zero-order valence-corrected chi connectivity index (χ0v) is 12.7. The van der Waals surface area contributed by atoms with Gasteiger partial charge in [-0.2, -0.15) is 0 Å². The maximum atomic E-state index is 4.26. The lowest BCUT2D eigenvalue weighted by Gasteiger charge is -2.04. The molecule has 0 aliphatic heterocycles. The van der Waals surface area contributed by atoms with Crippen molar-refractivity contribution in [2.45, 2.75) is 27.2 Å². The van der Waals surface area contributed by atoms with Crippen LogP contribution in [0.4, 0.5) is 0 Å². The first kappa shape index (κ1) is 13.6. The van der Waals surface area contributed by atoms with Gasteiger partial charge in [0.1, 0.15) is 5.01 Å². The number of rotatable bonds is 6. The number of aromatic nitrogens is 2. The van der Waals surface area contributed by atoms with Crippen LogP contribution in [0, 0.1) is 12.8 Å². The third-order valence-electron chi connectivity index (χ3n) is 2.49. The second-order valence-electron chi connectivity index (χ2n) is 4.76. The third kappa shape index (κ3) is 3.86. The zero-order chi connectivity index (χ0) is 13.0. The highest BCUT2D eigenvalue weighted by atomic mass is 32.1. The van der Waals surface area contributed by atoms with Gasteiger partial charge in [-0.1, -0.05) is 25.2 Å². The van der Waals surface area contributed by atoms with Crippen molar-refractivity contribution in [1.82, 2.24) is 15.5 Å². The first-order chi connectivity index (χ1) is 8.65. The monoisotopic (exact) mass is 281 g/mol. The molecule has 1 N–H and O–H groups in total. The standard InChI is InChI=1S/C13H19N3S2/c1-9(2)8-14-7-6-12-15-16-13(18-12)11-5-4-10(3)17-11/h4-5,9,14H,6-8H2,1-3H3. The van der Waals surface area contributed by atoms with E-state index < -0.39 is 0 Å². The van der Waals surface area contributed by atoms with Gasteiger partial charge >= 0.3 is 0 Å². The van der Waals surface area contributed by atoms with Gasteiger partial charge in [-0.15, -0.1) is 21.5 Å². The molecule has 0 aliphatic rings. The van der Waals surface area contributed by atoms with Crippen molar-refractivity contribution in [2.24, 2.45) is 5.92 Å². The van der Waals surface area contributed by atoms with Crippen molar-refractivity contribution in [3.63, 3.8) is 0 Å². The molecule has 2 aromatic heterocycles. The van der Waals surface area contributed by atoms with Crippen molar-refractivity contribution in [3.05, 3.63) is 22.0 Å². The molecule has 5 heteroatoms. The fourth-order valence-electron chi connectivity index (χ4n) is 1.59. The lowest BCUT2D eigenvalue weighted by Crippen LogP contribution is -2.22. The van der Waals surface area contributed by atoms with Gasteiger partial charge in [0.15, 0.2) is 5.01 Å². The predicted octanol–water partition coefficient (Wildman–Crippen LogP) is 3.36. The van der Waals surface area contributed by atoms with Gasteiger partial charge in [-0.05, 0) is 31.5 Å². The smallest absolute Gasteiger partial charge is 0.157 e. The quantitative estimate of drug-likeness (QED) is 0.825. The van der Waals surface area contributed by atoms with Crippen molar-refractivity contribution in [1.29, 1.82) is 0 Å². The van der Waals surface area contributed by atoms with E-state index in [1.165, 1.54) is 9.75 Å². The minimum absolute atomic E-state index is 0.698. The summed E-state index contributed by atoms with van der Waals surface area (Å²) < 4.78 is 0. The molecular weight excluding hydrogens is 262 g/mol. The van der Waals surface area contributed by atoms with E-state index in [1.807, 2.05) is 0 Å². The molecule has 0 aliphatic carbocycles. The Morgan fingerprint density at radius 1 is 1.22 bits per heavy atom. The third-order valence-corrected chi connectivity index (χ3v) is 4.64. The Hall–Kier alpha value is -0.780. The molecule has 2 heterocycles. The number of nitrogens with zero attached hydrogens (tertiary/aromatic N) is 2. The average molecular weight is 281 g/mol. The van der Waals surface area contributed by atoms with Crippen LogP contribution in [0.1, 0.15) is 23.7 Å². The molecule has 18 heavy (non-hydrogen) atoms. The van der Waals surface area contributed by atoms with Gasteiger partial charge in [0, 0.05) is 17.8 Å². The van der Waals surface area contributed by atoms with Crippen LogP contribution >= 0.6 is 22.7 Å². The Morgan fingerprint density at radius 2 is 2.06 bits per heavy atom. The average Bonchev–Trinajstić information content (AvgIpc) is 2.93. The van der Waals surface area contributed by atoms with E-state index in [0.717, 1.165) is 29.5 Å². The molecule has 0 aromatic carbocycles. The lowest BCUT2D eigenvalue weighted by atomic mass is 10.2. The normalized spacial score (nSPS) is 11.3. The predicted molar refractivity (Wildman–Crippen MR) is 79.4 cm³/mol. The van der Waals surface area contributed by atoms with E-state index in [2.05, 4.69) is 48.4 Å². The minimum Gasteiger partial charge on any atom is -0.316 e. The van der Waals surface area contributed by atoms with Gasteiger partial charge < -0.3 is 5.32 Å². The van der Waals surface area contributed by atoms with Crippen molar-refractivity contribution in [3.8, 4) is 9.88 Å². The molecule has 0 unspecified atom stereocenters. The number of hydrogen-bond donors (Lipinski definition) is 1. The van der Waals surface area contributed by atoms with Crippen LogP contribution in [0.25, 0.3) is 9.88 Å². The summed E-state index contributed by atoms with van der Waals surface area (Å²) in [6.07, 6.45) is 0.967. The van der Waals surface area contributed by atoms with Crippen LogP contribution in [-0.4, -0.2) is 23.3 Å². The highest BCUT2D eigenvalue weighted by Crippen LogP contribution is 2.29. The van der Waals surface area contributed by atoms with Gasteiger partial charge in [0.25, 0.3) is 0 Å². The fraction of sp³-hybridized carbons (Fsp3) is 0.538. The van der Waals surface area contributed by atoms with Crippen LogP contribution in [0.3, 0.4) is 0 Å². The Morgan fingerprint density at radius 3 is 2.72 bits per heavy atom. The number of aryl methyl sites for hydroxylation is 1. The maximum absolute atomic E-state index is 4.26. The Balaban J connectivity index is 1.86. The maximum Gasteiger partial charge on any atom is 0.157 e. The van der Waals surface area contributed by atoms with E-state index in [1.54, 1.807) is 22.7 Å². The van der Waals surface area contributed by atoms with Crippen LogP contribution in [0.2, 0.25) is 0 Å². The van der Waals surface area contributed by atoms with Gasteiger partial charge in [-0.3, -0.25) is 0 Å². The second kappa shape index (κ2) is 6.41. The first-order valence-corrected chi connectivity index (χ1v) is 7.88. The summed E-state index contributed by atoms with van der Waals surface area (Å²) in [6, 6.07) is 4.26. The molecule has 0 radical (unpaired) electrons. The van der Waals surface area contributed by atoms with Gasteiger partial charge in [-0.25, -0.2) is 0 Å². The summed E-state index contributed by atoms with van der Waals surface area (Å²) in [5, 5.41) is 14.1. The molecular formula is C13H19N3S2. The highest BCUT2D eigenvalue weighted by Gasteiger charge is 2.08. The molecule has 2 aromatic rings. The highest BCUT2D eigenvalue weighted by molar-refractivity contribution is 7.21. The molecule has 0 fully saturated rings. The van der Waals surface area contributed by atoms with Crippen molar-refractivity contribution < 1.29 is 0 Å². The van der Waals surface area contributed by atoms with Crippen molar-refractivity contribution in [2.75, 3.05) is 13.1 Å². The lowest BCUT2D eigenvalue weighted by molar-refractivity contribution is 0.553. The van der Waals surface area contributed by atoms with Crippen LogP contribution in [-0.2, 0) is 6.42 Å². The Labute approximate surface area is 116 Å². The molecule has 0 atom stereocenters. The topological polar surface area (TPSA) is 37.8 Å². The van der Waals surface area contributed by atoms with E-state index in [9.17, 15) is 0 Å². The first-order valence-electron chi connectivity index (χ1n) is 6.25. The summed E-state index contributed by atoms with van der Waals surface area (Å²) in [5.74, 6) is 0.698. The van der Waals surface area contributed by atoms with Crippen LogP contribution in [0.15, 0.2) is 12.1 Å². The SMILES string of the molecule is Cc1ccc(-c2nnc(CCNCC(C)C)s2)s1. The summed E-state index contributed by atoms with van der Waals surface area (Å²) >= 11 is 3.49. The fourth-order valence-corrected chi connectivity index (χ4v) is 3.35. The summed E-state index contributed by atoms with van der Waals surface area (Å²) in [4.78, 5) is 2.55. The number of thiophene rings is 1. The van der Waals surface area contributed by atoms with Crippen LogP contribution in [0.5, 0.6) is 0 Å². The van der Waals surface area contributed by atoms with Gasteiger partial charge in [0.2, 0.25) is 0 Å². The molecule has 0 bridgehead atoms. The van der Waals surface area contributed by atoms with E-state index >= 15 is 0 Å². The number of hydrogen-bond acceptors (Lipinski definition) is 5. The largest absolute Gasteiger partial charge is 0.316 e. The van der Waals surface area contributed by atoms with Crippen molar-refractivity contribution >= 4 is 22.7 Å². The molecule has 0 saturated carbocycles. The molecule has 2 rings (SSSR count).